The average Bonchev–Trinajstić information content (AvgIpc) is 3.51. The molecule has 1 N–H and O–H groups in total. The summed E-state index contributed by atoms with van der Waals surface area (Å²) in [5.41, 5.74) is 0.615. The maximum absolute atomic E-state index is 13.8. The number of amides is 1. The van der Waals surface area contributed by atoms with Crippen LogP contribution in [0.1, 0.15) is 24.4 Å². The molecule has 1 atom stereocenters. The lowest BCUT2D eigenvalue weighted by molar-refractivity contribution is -0.119. The van der Waals surface area contributed by atoms with Crippen molar-refractivity contribution in [1.82, 2.24) is 29.6 Å². The summed E-state index contributed by atoms with van der Waals surface area (Å²) in [5, 5.41) is 12.0. The summed E-state index contributed by atoms with van der Waals surface area (Å²) in [6, 6.07) is 9.16. The van der Waals surface area contributed by atoms with Gasteiger partial charge in [0.15, 0.2) is 16.7 Å². The van der Waals surface area contributed by atoms with Crippen LogP contribution in [0.25, 0.3) is 11.6 Å². The maximum atomic E-state index is 13.8. The zero-order valence-electron chi connectivity index (χ0n) is 17.0. The quantitative estimate of drug-likeness (QED) is 0.422. The van der Waals surface area contributed by atoms with Gasteiger partial charge in [-0.3, -0.25) is 9.36 Å². The average molecular weight is 441 g/mol. The first-order valence-electron chi connectivity index (χ1n) is 9.68. The van der Waals surface area contributed by atoms with E-state index in [-0.39, 0.29) is 17.5 Å². The van der Waals surface area contributed by atoms with Crippen LogP contribution in [0.15, 0.2) is 64.6 Å². The van der Waals surface area contributed by atoms with Crippen molar-refractivity contribution in [3.05, 3.63) is 72.3 Å². The molecule has 10 heteroatoms. The monoisotopic (exact) mass is 440 g/mol. The Hall–Kier alpha value is -3.40. The van der Waals surface area contributed by atoms with E-state index >= 15 is 0 Å². The van der Waals surface area contributed by atoms with Gasteiger partial charge in [-0.05, 0) is 36.8 Å². The normalized spacial score (nSPS) is 12.1. The van der Waals surface area contributed by atoms with Crippen LogP contribution in [0, 0.1) is 5.82 Å². The molecule has 160 valence electrons. The highest BCUT2D eigenvalue weighted by Crippen LogP contribution is 2.25. The van der Waals surface area contributed by atoms with Gasteiger partial charge in [-0.15, -0.1) is 10.2 Å². The Morgan fingerprint density at radius 3 is 2.84 bits per heavy atom. The van der Waals surface area contributed by atoms with Gasteiger partial charge in [-0.2, -0.15) is 0 Å². The van der Waals surface area contributed by atoms with Gasteiger partial charge in [-0.25, -0.2) is 9.37 Å². The Morgan fingerprint density at radius 1 is 1.29 bits per heavy atom. The molecule has 4 aromatic rings. The van der Waals surface area contributed by atoms with Gasteiger partial charge in [0, 0.05) is 26.0 Å². The predicted octanol–water partition coefficient (Wildman–Crippen LogP) is 3.43. The Balaban J connectivity index is 1.50. The molecule has 0 saturated carbocycles. The number of hydrogen-bond donors (Lipinski definition) is 1. The van der Waals surface area contributed by atoms with Crippen molar-refractivity contribution in [1.29, 1.82) is 0 Å². The summed E-state index contributed by atoms with van der Waals surface area (Å²) in [6.07, 6.45) is 5.00. The standard InChI is InChI=1S/C21H21FN6O2S/c1-3-28-19(16-8-5-11-30-16)25-26-21(28)31-13-17(29)24-18(20-23-9-10-27(20)2)14-6-4-7-15(22)12-14/h4-12,18H,3,13H2,1-2H3,(H,24,29). The van der Waals surface area contributed by atoms with E-state index in [1.54, 1.807) is 41.4 Å². The number of halogens is 1. The number of imidazole rings is 1. The molecule has 1 unspecified atom stereocenters. The fourth-order valence-electron chi connectivity index (χ4n) is 3.24. The van der Waals surface area contributed by atoms with Crippen LogP contribution in [-0.4, -0.2) is 36.0 Å². The number of nitrogens with one attached hydrogen (secondary N) is 1. The van der Waals surface area contributed by atoms with Crippen LogP contribution in [0.2, 0.25) is 0 Å². The number of carbonyl (C=O) groups is 1. The number of nitrogens with zero attached hydrogens (tertiary/aromatic N) is 5. The summed E-state index contributed by atoms with van der Waals surface area (Å²) < 4.78 is 22.9. The molecule has 31 heavy (non-hydrogen) atoms. The number of benzene rings is 1. The van der Waals surface area contributed by atoms with E-state index in [4.69, 9.17) is 4.42 Å². The molecule has 4 rings (SSSR count). The van der Waals surface area contributed by atoms with Crippen molar-refractivity contribution in [2.75, 3.05) is 5.75 Å². The van der Waals surface area contributed by atoms with Crippen LogP contribution < -0.4 is 5.32 Å². The molecule has 8 nitrogen and oxygen atoms in total. The van der Waals surface area contributed by atoms with Crippen LogP contribution in [0.5, 0.6) is 0 Å². The molecule has 3 aromatic heterocycles. The smallest absolute Gasteiger partial charge is 0.231 e. The molecule has 0 aliphatic rings. The summed E-state index contributed by atoms with van der Waals surface area (Å²) in [5.74, 6) is 1.36. The number of carbonyl (C=O) groups excluding carboxylic acids is 1. The van der Waals surface area contributed by atoms with Crippen molar-refractivity contribution in [3.63, 3.8) is 0 Å². The first kappa shape index (κ1) is 20.9. The fourth-order valence-corrected chi connectivity index (χ4v) is 4.05. The predicted molar refractivity (Wildman–Crippen MR) is 114 cm³/mol. The highest BCUT2D eigenvalue weighted by molar-refractivity contribution is 7.99. The third-order valence-corrected chi connectivity index (χ3v) is 5.68. The van der Waals surface area contributed by atoms with Crippen molar-refractivity contribution in [3.8, 4) is 11.6 Å². The third kappa shape index (κ3) is 4.53. The lowest BCUT2D eigenvalue weighted by Gasteiger charge is -2.19. The number of thioether (sulfide) groups is 1. The van der Waals surface area contributed by atoms with Crippen LogP contribution in [0.3, 0.4) is 0 Å². The number of aryl methyl sites for hydroxylation is 1. The van der Waals surface area contributed by atoms with E-state index in [9.17, 15) is 9.18 Å². The van der Waals surface area contributed by atoms with Crippen molar-refractivity contribution < 1.29 is 13.6 Å². The largest absolute Gasteiger partial charge is 0.461 e. The van der Waals surface area contributed by atoms with Crippen LogP contribution in [-0.2, 0) is 18.4 Å². The first-order valence-corrected chi connectivity index (χ1v) is 10.7. The minimum absolute atomic E-state index is 0.118. The highest BCUT2D eigenvalue weighted by atomic mass is 32.2. The number of rotatable bonds is 8. The molecule has 0 aliphatic heterocycles. The van der Waals surface area contributed by atoms with Gasteiger partial charge in [0.2, 0.25) is 5.91 Å². The second-order valence-corrected chi connectivity index (χ2v) is 7.71. The molecule has 0 bridgehead atoms. The molecule has 1 aromatic carbocycles. The maximum Gasteiger partial charge on any atom is 0.231 e. The molecule has 1 amide bonds. The second kappa shape index (κ2) is 9.17. The Bertz CT molecular complexity index is 1170. The van der Waals surface area contributed by atoms with Crippen LogP contribution in [0.4, 0.5) is 4.39 Å². The molecular weight excluding hydrogens is 419 g/mol. The van der Waals surface area contributed by atoms with Gasteiger partial charge in [-0.1, -0.05) is 23.9 Å². The highest BCUT2D eigenvalue weighted by Gasteiger charge is 2.22. The molecule has 0 spiro atoms. The lowest BCUT2D eigenvalue weighted by Crippen LogP contribution is -2.32. The molecule has 0 fully saturated rings. The topological polar surface area (TPSA) is 90.8 Å². The number of furan rings is 1. The summed E-state index contributed by atoms with van der Waals surface area (Å²) in [4.78, 5) is 17.1. The zero-order chi connectivity index (χ0) is 21.8. The first-order chi connectivity index (χ1) is 15.1. The van der Waals surface area contributed by atoms with Gasteiger partial charge in [0.05, 0.1) is 12.0 Å². The van der Waals surface area contributed by atoms with E-state index < -0.39 is 6.04 Å². The SMILES string of the molecule is CCn1c(SCC(=O)NC(c2cccc(F)c2)c2nccn2C)nnc1-c1ccco1. The molecule has 0 aliphatic carbocycles. The number of hydrogen-bond acceptors (Lipinski definition) is 6. The molecule has 0 saturated heterocycles. The Morgan fingerprint density at radius 2 is 2.16 bits per heavy atom. The van der Waals surface area contributed by atoms with Crippen LogP contribution >= 0.6 is 11.8 Å². The van der Waals surface area contributed by atoms with E-state index in [1.165, 1.54) is 23.9 Å². The minimum Gasteiger partial charge on any atom is -0.461 e. The molecule has 0 radical (unpaired) electrons. The van der Waals surface area contributed by atoms with Gasteiger partial charge < -0.3 is 14.3 Å². The van der Waals surface area contributed by atoms with Gasteiger partial charge in [0.25, 0.3) is 0 Å². The fraction of sp³-hybridized carbons (Fsp3) is 0.238. The Kier molecular flexibility index (Phi) is 6.17. The van der Waals surface area contributed by atoms with Crippen molar-refractivity contribution >= 4 is 17.7 Å². The second-order valence-electron chi connectivity index (χ2n) is 6.77. The van der Waals surface area contributed by atoms with Gasteiger partial charge >= 0.3 is 0 Å². The molecular formula is C21H21FN6O2S. The van der Waals surface area contributed by atoms with E-state index in [1.807, 2.05) is 24.6 Å². The van der Waals surface area contributed by atoms with E-state index in [2.05, 4.69) is 20.5 Å². The summed E-state index contributed by atoms with van der Waals surface area (Å²) in [7, 11) is 1.83. The van der Waals surface area contributed by atoms with E-state index in [0.29, 0.717) is 34.7 Å². The van der Waals surface area contributed by atoms with Gasteiger partial charge in [0.1, 0.15) is 17.7 Å². The van der Waals surface area contributed by atoms with E-state index in [0.717, 1.165) is 0 Å². The zero-order valence-corrected chi connectivity index (χ0v) is 17.8. The summed E-state index contributed by atoms with van der Waals surface area (Å²) in [6.45, 7) is 2.60. The number of aromatic nitrogens is 5. The summed E-state index contributed by atoms with van der Waals surface area (Å²) >= 11 is 1.27. The lowest BCUT2D eigenvalue weighted by atomic mass is 10.1. The minimum atomic E-state index is -0.577. The Labute approximate surface area is 182 Å². The van der Waals surface area contributed by atoms with Crippen molar-refractivity contribution in [2.24, 2.45) is 7.05 Å². The van der Waals surface area contributed by atoms with Crippen molar-refractivity contribution in [2.45, 2.75) is 24.7 Å². The third-order valence-electron chi connectivity index (χ3n) is 4.71. The molecule has 3 heterocycles.